The molecule has 146 heavy (non-hydrogen) atoms. The Morgan fingerprint density at radius 1 is 0.123 bits per heavy atom. The Hall–Kier alpha value is -7.96. The van der Waals surface area contributed by atoms with Crippen LogP contribution in [-0.4, -0.2) is 0 Å². The van der Waals surface area contributed by atoms with Crippen molar-refractivity contribution in [1.29, 1.82) is 0 Å². The molecule has 0 bridgehead atoms. The summed E-state index contributed by atoms with van der Waals surface area (Å²) >= 11 is 0. The van der Waals surface area contributed by atoms with E-state index in [-0.39, 0.29) is 28.2 Å². The van der Waals surface area contributed by atoms with Gasteiger partial charge in [-0.3, -0.25) is 0 Å². The molecule has 0 aliphatic carbocycles. The second-order valence-corrected chi connectivity index (χ2v) is 39.5. The fourth-order valence-corrected chi connectivity index (χ4v) is 16.5. The van der Waals surface area contributed by atoms with Crippen molar-refractivity contribution in [3.8, 4) is 0 Å². The minimum atomic E-state index is -5.39. The van der Waals surface area contributed by atoms with Crippen LogP contribution in [-0.2, 0) is 63.5 Å². The minimum Gasteiger partial charge on any atom is -1.00 e. The lowest BCUT2D eigenvalue weighted by Crippen LogP contribution is -3.00. The number of hydrogen-bond donors (Lipinski definition) is 0. The van der Waals surface area contributed by atoms with Crippen molar-refractivity contribution in [1.82, 2.24) is 0 Å². The van der Waals surface area contributed by atoms with Gasteiger partial charge in [0, 0.05) is 167 Å². The second-order valence-electron chi connectivity index (χ2n) is 38.6. The van der Waals surface area contributed by atoms with Gasteiger partial charge in [-0.15, -0.1) is 0 Å². The first kappa shape index (κ1) is 151. The molecule has 0 radical (unpaired) electrons. The van der Waals surface area contributed by atoms with Gasteiger partial charge in [-0.05, 0) is 57.8 Å². The molecule has 0 aliphatic rings. The summed E-state index contributed by atoms with van der Waals surface area (Å²) in [7, 11) is -5.39. The van der Waals surface area contributed by atoms with Crippen molar-refractivity contribution >= 4 is 7.82 Å². The number of rotatable bonds is 72. The molecule has 20 heteroatoms. The molecule has 9 heterocycles. The van der Waals surface area contributed by atoms with Gasteiger partial charge >= 0.3 is 0 Å². The molecule has 9 aromatic rings. The van der Waals surface area contributed by atoms with Crippen molar-refractivity contribution in [3.63, 3.8) is 0 Å². The monoisotopic (exact) mass is 2060 g/mol. The maximum Gasteiger partial charge on any atom is 0.168 e. The Bertz CT molecular complexity index is 3070. The molecule has 0 amide bonds. The predicted molar refractivity (Wildman–Crippen MR) is 589 cm³/mol. The maximum atomic E-state index is 8.55. The third-order valence-corrected chi connectivity index (χ3v) is 25.2. The Labute approximate surface area is 892 Å². The fraction of sp³-hybridized carbons (Fsp3) is 0.643. The molecule has 0 saturated heterocycles. The van der Waals surface area contributed by atoms with Crippen molar-refractivity contribution in [2.24, 2.45) is 0 Å². The van der Waals surface area contributed by atoms with Crippen molar-refractivity contribution in [2.45, 2.75) is 526 Å². The van der Waals surface area contributed by atoms with Gasteiger partial charge in [0.1, 0.15) is 58.9 Å². The number of aryl methyl sites for hydroxylation is 9. The molecule has 0 spiro atoms. The first-order valence-electron chi connectivity index (χ1n) is 58.1. The molecular formula is C126H216F6N9O4P. The first-order chi connectivity index (χ1) is 68.9. The predicted octanol–water partition coefficient (Wildman–Crippen LogP) is 12.7. The van der Waals surface area contributed by atoms with Crippen LogP contribution in [0.1, 0.15) is 467 Å². The van der Waals surface area contributed by atoms with Gasteiger partial charge in [0.15, 0.2) is 112 Å². The van der Waals surface area contributed by atoms with Crippen LogP contribution in [0.4, 0.5) is 0 Å². The fourth-order valence-electron chi connectivity index (χ4n) is 16.5. The highest BCUT2D eigenvalue weighted by molar-refractivity contribution is 7.40. The molecule has 9 rings (SSSR count). The molecule has 0 saturated carbocycles. The van der Waals surface area contributed by atoms with Crippen molar-refractivity contribution in [2.75, 3.05) is 0 Å². The first-order valence-corrected chi connectivity index (χ1v) is 59.5. The Kier molecular flexibility index (Phi) is 130. The molecule has 0 unspecified atom stereocenters. The van der Waals surface area contributed by atoms with Crippen LogP contribution < -0.4 is 84.0 Å². The lowest BCUT2D eigenvalue weighted by Gasteiger charge is -2.36. The minimum absolute atomic E-state index is 0. The van der Waals surface area contributed by atoms with Crippen LogP contribution in [0.2, 0.25) is 0 Å². The van der Waals surface area contributed by atoms with Gasteiger partial charge in [-0.25, -0.2) is 41.1 Å². The number of unbranched alkanes of at least 4 members (excludes halogenated alkanes) is 54. The van der Waals surface area contributed by atoms with Crippen molar-refractivity contribution in [3.05, 3.63) is 275 Å². The SMILES string of the molecule is CCCCCCCCC[n+]1ccccc1.CCCCCCCCC[n+]1ccccc1.CCCCCCCCC[n+]1ccccc1.CCCCCCCCC[n+]1ccccc1.CCCCCCCCC[n+]1ccccc1.CCCCCCCCC[n+]1ccccc1.CCCCCCCCC[n+]1ccccc1.CCCCCCCCC[n+]1ccccc1.CCCCCCCCC[n+]1ccccc1.O=P([O-])([O-])[O-].[F-].[F-].[F-].[F-].[F-].[F-]. The lowest BCUT2D eigenvalue weighted by atomic mass is 10.1. The quantitative estimate of drug-likeness (QED) is 0.0163. The Balaban J connectivity index is -0.000000294. The zero-order chi connectivity index (χ0) is 101. The zero-order valence-electron chi connectivity index (χ0n) is 94.3. The summed E-state index contributed by atoms with van der Waals surface area (Å²) in [5, 5.41) is 0. The summed E-state index contributed by atoms with van der Waals surface area (Å²) < 4.78 is 29.0. The molecule has 836 valence electrons. The van der Waals surface area contributed by atoms with Crippen LogP contribution in [0, 0.1) is 0 Å². The van der Waals surface area contributed by atoms with Crippen LogP contribution in [0.5, 0.6) is 0 Å². The van der Waals surface area contributed by atoms with Crippen LogP contribution in [0.3, 0.4) is 0 Å². The summed E-state index contributed by atoms with van der Waals surface area (Å²) in [6.07, 6.45) is 126. The molecule has 0 fully saturated rings. The highest BCUT2D eigenvalue weighted by Crippen LogP contribution is 2.15. The standard InChI is InChI=1S/9C14H24N.6FH.H3O4P/c9*1-2-3-4-5-6-7-9-12-15-13-10-8-11-14-15;;;;;;;1-5(2,3)4/h9*8,10-11,13-14H,2-7,9,12H2,1H3;6*1H;(H3,1,2,3,4)/q9*+1;;;;;;;/p-9. The smallest absolute Gasteiger partial charge is 0.168 e. The Morgan fingerprint density at radius 3 is 0.253 bits per heavy atom. The van der Waals surface area contributed by atoms with Crippen LogP contribution in [0.25, 0.3) is 0 Å². The lowest BCUT2D eigenvalue weighted by molar-refractivity contribution is -0.697. The van der Waals surface area contributed by atoms with Crippen LogP contribution in [0.15, 0.2) is 275 Å². The summed E-state index contributed by atoms with van der Waals surface area (Å²) in [6, 6.07) is 56.4. The molecule has 0 aliphatic heterocycles. The summed E-state index contributed by atoms with van der Waals surface area (Å²) in [5.41, 5.74) is 0. The van der Waals surface area contributed by atoms with E-state index in [4.69, 9.17) is 19.2 Å². The molecule has 9 aromatic heterocycles. The van der Waals surface area contributed by atoms with Crippen molar-refractivity contribution < 1.29 is 88.6 Å². The molecule has 0 atom stereocenters. The molecular weight excluding hydrogens is 1850 g/mol. The number of nitrogens with zero attached hydrogens (tertiary/aromatic N) is 9. The Morgan fingerprint density at radius 2 is 0.185 bits per heavy atom. The molecule has 0 aromatic carbocycles. The van der Waals surface area contributed by atoms with E-state index in [1.807, 2.05) is 0 Å². The average molecular weight is 2070 g/mol. The average Bonchev–Trinajstić information content (AvgIpc) is 1.01. The number of pyridine rings is 9. The van der Waals surface area contributed by atoms with E-state index in [0.717, 1.165) is 0 Å². The van der Waals surface area contributed by atoms with Gasteiger partial charge in [0.05, 0.1) is 0 Å². The summed E-state index contributed by atoms with van der Waals surface area (Å²) in [4.78, 5) is 25.6. The van der Waals surface area contributed by atoms with Gasteiger partial charge in [0.2, 0.25) is 0 Å². The summed E-state index contributed by atoms with van der Waals surface area (Å²) in [6.45, 7) is 31.0. The van der Waals surface area contributed by atoms with E-state index in [1.54, 1.807) is 0 Å². The number of phosphoric acid groups is 1. The molecule has 0 N–H and O–H groups in total. The third kappa shape index (κ3) is 118. The molecule has 13 nitrogen and oxygen atoms in total. The highest BCUT2D eigenvalue weighted by atomic mass is 31.2. The van der Waals surface area contributed by atoms with E-state index < -0.39 is 7.82 Å². The van der Waals surface area contributed by atoms with E-state index in [1.165, 1.54) is 463 Å². The number of halogens is 6. The maximum absolute atomic E-state index is 8.55. The normalized spacial score (nSPS) is 10.1. The van der Waals surface area contributed by atoms with Gasteiger partial charge in [-0.2, -0.15) is 7.82 Å². The van der Waals surface area contributed by atoms with Crippen LogP contribution >= 0.6 is 7.82 Å². The van der Waals surface area contributed by atoms with Gasteiger partial charge in [0.25, 0.3) is 0 Å². The van der Waals surface area contributed by atoms with Gasteiger partial charge < -0.3 is 47.5 Å². The topological polar surface area (TPSA) is 121 Å². The zero-order valence-corrected chi connectivity index (χ0v) is 95.2. The van der Waals surface area contributed by atoms with E-state index in [0.29, 0.717) is 0 Å². The van der Waals surface area contributed by atoms with E-state index in [9.17, 15) is 0 Å². The number of aromatic nitrogens is 9. The second kappa shape index (κ2) is 126. The largest absolute Gasteiger partial charge is 1.00 e. The van der Waals surface area contributed by atoms with E-state index >= 15 is 0 Å². The van der Waals surface area contributed by atoms with Gasteiger partial charge in [-0.1, -0.05) is 406 Å². The van der Waals surface area contributed by atoms with E-state index in [2.05, 4.69) is 379 Å². The number of hydrogen-bond acceptors (Lipinski definition) is 4. The highest BCUT2D eigenvalue weighted by Gasteiger charge is 2.07. The summed E-state index contributed by atoms with van der Waals surface area (Å²) in [5.74, 6) is 0. The third-order valence-electron chi connectivity index (χ3n) is 25.2.